The third kappa shape index (κ3) is 4.48. The maximum absolute atomic E-state index is 10.8. The van der Waals surface area contributed by atoms with Crippen molar-refractivity contribution >= 4 is 0 Å². The summed E-state index contributed by atoms with van der Waals surface area (Å²) in [6.07, 6.45) is 7.95. The minimum absolute atomic E-state index is 0.0910. The topological polar surface area (TPSA) is 105 Å². The van der Waals surface area contributed by atoms with E-state index < -0.39 is 11.6 Å². The van der Waals surface area contributed by atoms with Crippen LogP contribution in [0, 0.1) is 5.41 Å². The van der Waals surface area contributed by atoms with Crippen molar-refractivity contribution in [2.75, 3.05) is 13.2 Å². The third-order valence-electron chi connectivity index (χ3n) is 4.22. The van der Waals surface area contributed by atoms with Gasteiger partial charge in [-0.05, 0) is 12.8 Å². The predicted molar refractivity (Wildman–Crippen MR) is 79.3 cm³/mol. The Balaban J connectivity index is 1.51. The molecule has 132 valence electrons. The van der Waals surface area contributed by atoms with E-state index in [1.807, 2.05) is 0 Å². The van der Waals surface area contributed by atoms with Crippen molar-refractivity contribution < 1.29 is 27.1 Å². The molecule has 0 N–H and O–H groups in total. The fraction of sp³-hybridized carbons (Fsp3) is 0.625. The minimum atomic E-state index is -0.731. The van der Waals surface area contributed by atoms with Crippen LogP contribution in [0.2, 0.25) is 0 Å². The molecule has 0 unspecified atom stereocenters. The lowest BCUT2D eigenvalue weighted by Crippen LogP contribution is -2.34. The molecule has 3 rings (SSSR count). The van der Waals surface area contributed by atoms with Gasteiger partial charge in [-0.25, -0.2) is 9.59 Å². The van der Waals surface area contributed by atoms with Gasteiger partial charge in [0.25, 0.3) is 0 Å². The molecule has 8 nitrogen and oxygen atoms in total. The van der Waals surface area contributed by atoms with Gasteiger partial charge in [-0.1, -0.05) is 19.3 Å². The van der Waals surface area contributed by atoms with Gasteiger partial charge in [0.15, 0.2) is 11.5 Å². The van der Waals surface area contributed by atoms with Crippen molar-refractivity contribution in [3.8, 4) is 0 Å². The molecule has 0 aliphatic heterocycles. The SMILES string of the molecule is O=c1occ(COCC2(COCc3coc(=O)o3)CCCCC2)o1. The van der Waals surface area contributed by atoms with Gasteiger partial charge in [0.1, 0.15) is 25.7 Å². The second-order valence-corrected chi connectivity index (χ2v) is 6.15. The van der Waals surface area contributed by atoms with Crippen molar-refractivity contribution in [3.63, 3.8) is 0 Å². The first-order valence-corrected chi connectivity index (χ1v) is 7.96. The lowest BCUT2D eigenvalue weighted by Gasteiger charge is -2.36. The standard InChI is InChI=1S/C16H20O8/c17-14-21-8-12(23-14)6-19-10-16(4-2-1-3-5-16)11-20-7-13-9-22-15(18)24-13/h8-9H,1-7,10-11H2. The summed E-state index contributed by atoms with van der Waals surface area (Å²) in [5, 5.41) is 0. The first-order valence-electron chi connectivity index (χ1n) is 7.96. The van der Waals surface area contributed by atoms with E-state index in [9.17, 15) is 9.59 Å². The van der Waals surface area contributed by atoms with E-state index in [1.54, 1.807) is 0 Å². The fourth-order valence-corrected chi connectivity index (χ4v) is 3.03. The van der Waals surface area contributed by atoms with Crippen molar-refractivity contribution in [1.82, 2.24) is 0 Å². The van der Waals surface area contributed by atoms with Gasteiger partial charge in [0, 0.05) is 5.41 Å². The smallest absolute Gasteiger partial charge is 0.399 e. The first kappa shape index (κ1) is 16.8. The minimum Gasteiger partial charge on any atom is -0.399 e. The van der Waals surface area contributed by atoms with Crippen LogP contribution in [-0.4, -0.2) is 13.2 Å². The van der Waals surface area contributed by atoms with E-state index in [2.05, 4.69) is 8.83 Å². The fourth-order valence-electron chi connectivity index (χ4n) is 3.03. The highest BCUT2D eigenvalue weighted by molar-refractivity contribution is 4.86. The Morgan fingerprint density at radius 2 is 1.33 bits per heavy atom. The lowest BCUT2D eigenvalue weighted by molar-refractivity contribution is -0.0565. The summed E-state index contributed by atoms with van der Waals surface area (Å²) >= 11 is 0. The van der Waals surface area contributed by atoms with E-state index in [0.717, 1.165) is 25.7 Å². The van der Waals surface area contributed by atoms with Gasteiger partial charge in [-0.3, -0.25) is 0 Å². The highest BCUT2D eigenvalue weighted by Crippen LogP contribution is 2.37. The number of ether oxygens (including phenoxy) is 2. The van der Waals surface area contributed by atoms with Crippen molar-refractivity contribution in [2.24, 2.45) is 5.41 Å². The number of hydrogen-bond acceptors (Lipinski definition) is 8. The van der Waals surface area contributed by atoms with Crippen LogP contribution >= 0.6 is 0 Å². The van der Waals surface area contributed by atoms with Gasteiger partial charge >= 0.3 is 11.6 Å². The molecule has 1 saturated carbocycles. The van der Waals surface area contributed by atoms with Gasteiger partial charge in [-0.15, -0.1) is 0 Å². The molecule has 0 saturated heterocycles. The van der Waals surface area contributed by atoms with Crippen molar-refractivity contribution in [1.29, 1.82) is 0 Å². The van der Waals surface area contributed by atoms with Crippen molar-refractivity contribution in [2.45, 2.75) is 45.3 Å². The zero-order chi connectivity index (χ0) is 16.8. The zero-order valence-electron chi connectivity index (χ0n) is 13.3. The zero-order valence-corrected chi connectivity index (χ0v) is 13.3. The molecule has 8 heteroatoms. The van der Waals surface area contributed by atoms with Crippen LogP contribution in [0.15, 0.2) is 39.8 Å². The maximum atomic E-state index is 10.8. The molecule has 2 aromatic heterocycles. The van der Waals surface area contributed by atoms with Gasteiger partial charge in [0.2, 0.25) is 0 Å². The highest BCUT2D eigenvalue weighted by Gasteiger charge is 2.33. The summed E-state index contributed by atoms with van der Waals surface area (Å²) in [5.41, 5.74) is -0.0910. The Kier molecular flexibility index (Phi) is 5.37. The van der Waals surface area contributed by atoms with Crippen LogP contribution in [0.4, 0.5) is 0 Å². The summed E-state index contributed by atoms with van der Waals surface area (Å²) in [6, 6.07) is 0. The molecular weight excluding hydrogens is 320 g/mol. The first-order chi connectivity index (χ1) is 11.7. The Morgan fingerprint density at radius 3 is 1.75 bits per heavy atom. The summed E-state index contributed by atoms with van der Waals surface area (Å²) in [4.78, 5) is 21.7. The molecule has 1 fully saturated rings. The van der Waals surface area contributed by atoms with Crippen LogP contribution in [0.5, 0.6) is 0 Å². The molecule has 0 radical (unpaired) electrons. The van der Waals surface area contributed by atoms with Crippen molar-refractivity contribution in [3.05, 3.63) is 45.3 Å². The molecule has 0 aromatic carbocycles. The quantitative estimate of drug-likeness (QED) is 0.721. The molecule has 2 heterocycles. The van der Waals surface area contributed by atoms with Gasteiger partial charge < -0.3 is 27.1 Å². The van der Waals surface area contributed by atoms with Crippen LogP contribution in [0.25, 0.3) is 0 Å². The van der Waals surface area contributed by atoms with Crippen LogP contribution in [0.1, 0.15) is 43.6 Å². The van der Waals surface area contributed by atoms with Crippen LogP contribution in [-0.2, 0) is 22.7 Å². The molecule has 0 amide bonds. The number of rotatable bonds is 8. The molecular formula is C16H20O8. The van der Waals surface area contributed by atoms with E-state index in [1.165, 1.54) is 18.9 Å². The summed E-state index contributed by atoms with van der Waals surface area (Å²) in [5.74, 6) is -0.726. The van der Waals surface area contributed by atoms with Crippen LogP contribution < -0.4 is 11.6 Å². The van der Waals surface area contributed by atoms with Gasteiger partial charge in [-0.2, -0.15) is 0 Å². The molecule has 0 bridgehead atoms. The predicted octanol–water partition coefficient (Wildman–Crippen LogP) is 2.46. The third-order valence-corrected chi connectivity index (χ3v) is 4.22. The molecule has 1 aliphatic rings. The second kappa shape index (κ2) is 7.67. The largest absolute Gasteiger partial charge is 0.518 e. The molecule has 1 aliphatic carbocycles. The van der Waals surface area contributed by atoms with E-state index in [0.29, 0.717) is 24.7 Å². The van der Waals surface area contributed by atoms with Gasteiger partial charge in [0.05, 0.1) is 13.2 Å². The summed E-state index contributed by atoms with van der Waals surface area (Å²) in [7, 11) is 0. The molecule has 0 spiro atoms. The Morgan fingerprint density at radius 1 is 0.833 bits per heavy atom. The normalized spacial score (nSPS) is 17.2. The molecule has 0 atom stereocenters. The summed E-state index contributed by atoms with van der Waals surface area (Å²) < 4.78 is 30.2. The Labute approximate surface area is 137 Å². The Bertz CT molecular complexity index is 671. The van der Waals surface area contributed by atoms with E-state index >= 15 is 0 Å². The lowest BCUT2D eigenvalue weighted by atomic mass is 9.75. The van der Waals surface area contributed by atoms with E-state index in [-0.39, 0.29) is 18.6 Å². The monoisotopic (exact) mass is 340 g/mol. The summed E-state index contributed by atoms with van der Waals surface area (Å²) in [6.45, 7) is 1.36. The average Bonchev–Trinajstić information content (AvgIpc) is 3.17. The maximum Gasteiger partial charge on any atom is 0.518 e. The molecule has 2 aromatic rings. The number of hydrogen-bond donors (Lipinski definition) is 0. The molecule has 24 heavy (non-hydrogen) atoms. The van der Waals surface area contributed by atoms with E-state index in [4.69, 9.17) is 18.3 Å². The average molecular weight is 340 g/mol. The highest BCUT2D eigenvalue weighted by atomic mass is 16.6. The van der Waals surface area contributed by atoms with Crippen LogP contribution in [0.3, 0.4) is 0 Å². The second-order valence-electron chi connectivity index (χ2n) is 6.15. The Hall–Kier alpha value is -2.06.